The van der Waals surface area contributed by atoms with Crippen LogP contribution >= 0.6 is 0 Å². The predicted molar refractivity (Wildman–Crippen MR) is 105 cm³/mol. The summed E-state index contributed by atoms with van der Waals surface area (Å²) in [4.78, 5) is 27.1. The molecule has 1 amide bonds. The van der Waals surface area contributed by atoms with E-state index >= 15 is 0 Å². The maximum absolute atomic E-state index is 14.0. The van der Waals surface area contributed by atoms with Crippen LogP contribution < -0.4 is 0 Å². The molecule has 0 spiro atoms. The minimum Gasteiger partial charge on any atom is -0.445 e. The molecule has 4 rings (SSSR count). The number of carbonyl (C=O) groups excluding carboxylic acids is 2. The van der Waals surface area contributed by atoms with Crippen LogP contribution in [-0.4, -0.2) is 42.1 Å². The number of Topliss-reactive ketones (excluding diaryl/α,β-unsaturated/α-hetero) is 1. The predicted octanol–water partition coefficient (Wildman–Crippen LogP) is 4.03. The maximum atomic E-state index is 14.0. The lowest BCUT2D eigenvalue weighted by molar-refractivity contribution is -0.130. The van der Waals surface area contributed by atoms with E-state index in [0.717, 1.165) is 11.6 Å². The SMILES string of the molecule is O=C(Cc1c(F)ccc(F)c1F)C1CC2COCC(C1)N2C(=O)OCc1ccccc1. The molecule has 2 aromatic rings. The van der Waals surface area contributed by atoms with Gasteiger partial charge < -0.3 is 9.47 Å². The van der Waals surface area contributed by atoms with Gasteiger partial charge in [-0.2, -0.15) is 0 Å². The fourth-order valence-corrected chi connectivity index (χ4v) is 4.32. The van der Waals surface area contributed by atoms with Gasteiger partial charge in [-0.15, -0.1) is 0 Å². The molecular weight excluding hydrogens is 411 g/mol. The van der Waals surface area contributed by atoms with Gasteiger partial charge in [0.1, 0.15) is 18.2 Å². The van der Waals surface area contributed by atoms with Crippen molar-refractivity contribution in [3.63, 3.8) is 0 Å². The van der Waals surface area contributed by atoms with Crippen LogP contribution in [-0.2, 0) is 27.3 Å². The summed E-state index contributed by atoms with van der Waals surface area (Å²) >= 11 is 0. The molecule has 2 aromatic carbocycles. The molecule has 2 unspecified atom stereocenters. The maximum Gasteiger partial charge on any atom is 0.410 e. The van der Waals surface area contributed by atoms with Crippen LogP contribution in [0.15, 0.2) is 42.5 Å². The molecule has 0 radical (unpaired) electrons. The van der Waals surface area contributed by atoms with Crippen LogP contribution in [0.3, 0.4) is 0 Å². The second kappa shape index (κ2) is 9.09. The highest BCUT2D eigenvalue weighted by molar-refractivity contribution is 5.84. The number of hydrogen-bond acceptors (Lipinski definition) is 4. The Bertz CT molecular complexity index is 955. The smallest absolute Gasteiger partial charge is 0.410 e. The normalized spacial score (nSPS) is 22.8. The second-order valence-corrected chi connectivity index (χ2v) is 7.93. The Morgan fingerprint density at radius 3 is 2.29 bits per heavy atom. The van der Waals surface area contributed by atoms with Crippen molar-refractivity contribution >= 4 is 11.9 Å². The van der Waals surface area contributed by atoms with Gasteiger partial charge in [-0.3, -0.25) is 9.69 Å². The van der Waals surface area contributed by atoms with Gasteiger partial charge in [0.2, 0.25) is 0 Å². The quantitative estimate of drug-likeness (QED) is 0.668. The molecule has 0 N–H and O–H groups in total. The monoisotopic (exact) mass is 433 g/mol. The number of rotatable bonds is 5. The zero-order valence-corrected chi connectivity index (χ0v) is 16.7. The van der Waals surface area contributed by atoms with E-state index in [-0.39, 0.29) is 37.7 Å². The minimum atomic E-state index is -1.33. The third-order valence-corrected chi connectivity index (χ3v) is 5.88. The number of benzene rings is 2. The lowest BCUT2D eigenvalue weighted by Gasteiger charge is -2.47. The Balaban J connectivity index is 1.41. The molecule has 8 heteroatoms. The van der Waals surface area contributed by atoms with Gasteiger partial charge in [0.05, 0.1) is 25.3 Å². The number of morpholine rings is 1. The second-order valence-electron chi connectivity index (χ2n) is 7.93. The van der Waals surface area contributed by atoms with E-state index in [0.29, 0.717) is 18.9 Å². The highest BCUT2D eigenvalue weighted by atomic mass is 19.2. The van der Waals surface area contributed by atoms with E-state index in [1.54, 1.807) is 4.90 Å². The summed E-state index contributed by atoms with van der Waals surface area (Å²) in [6.45, 7) is 0.643. The van der Waals surface area contributed by atoms with Crippen molar-refractivity contribution < 1.29 is 32.2 Å². The highest BCUT2D eigenvalue weighted by Gasteiger charge is 2.44. The Kier molecular flexibility index (Phi) is 6.27. The average Bonchev–Trinajstić information content (AvgIpc) is 2.77. The molecular formula is C23H22F3NO4. The summed E-state index contributed by atoms with van der Waals surface area (Å²) in [6, 6.07) is 10.1. The zero-order valence-electron chi connectivity index (χ0n) is 16.7. The first-order chi connectivity index (χ1) is 14.9. The van der Waals surface area contributed by atoms with E-state index in [1.807, 2.05) is 30.3 Å². The van der Waals surface area contributed by atoms with Crippen molar-refractivity contribution in [2.24, 2.45) is 5.92 Å². The van der Waals surface area contributed by atoms with Crippen LogP contribution in [0.25, 0.3) is 0 Å². The van der Waals surface area contributed by atoms with Gasteiger partial charge in [-0.25, -0.2) is 18.0 Å². The van der Waals surface area contributed by atoms with E-state index in [1.165, 1.54) is 0 Å². The summed E-state index contributed by atoms with van der Waals surface area (Å²) in [5.41, 5.74) is 0.303. The molecule has 0 aromatic heterocycles. The molecule has 2 fully saturated rings. The van der Waals surface area contributed by atoms with Crippen molar-refractivity contribution in [2.75, 3.05) is 13.2 Å². The van der Waals surface area contributed by atoms with Crippen molar-refractivity contribution in [1.29, 1.82) is 0 Å². The molecule has 2 atom stereocenters. The molecule has 0 aliphatic carbocycles. The van der Waals surface area contributed by atoms with Gasteiger partial charge in [-0.05, 0) is 30.5 Å². The van der Waals surface area contributed by atoms with Crippen molar-refractivity contribution in [3.05, 3.63) is 71.0 Å². The lowest BCUT2D eigenvalue weighted by Crippen LogP contribution is -2.60. The number of fused-ring (bicyclic) bond motifs is 2. The van der Waals surface area contributed by atoms with E-state index in [9.17, 15) is 22.8 Å². The molecule has 0 saturated carbocycles. The topological polar surface area (TPSA) is 55.8 Å². The Labute approximate surface area is 177 Å². The van der Waals surface area contributed by atoms with Crippen LogP contribution in [0, 0.1) is 23.4 Å². The first-order valence-corrected chi connectivity index (χ1v) is 10.2. The van der Waals surface area contributed by atoms with Gasteiger partial charge in [0, 0.05) is 17.9 Å². The first-order valence-electron chi connectivity index (χ1n) is 10.2. The summed E-state index contributed by atoms with van der Waals surface area (Å²) in [7, 11) is 0. The number of ether oxygens (including phenoxy) is 2. The fourth-order valence-electron chi connectivity index (χ4n) is 4.32. The number of carbonyl (C=O) groups is 2. The summed E-state index contributed by atoms with van der Waals surface area (Å²) in [5.74, 6) is -4.35. The van der Waals surface area contributed by atoms with Gasteiger partial charge >= 0.3 is 6.09 Å². The van der Waals surface area contributed by atoms with E-state index < -0.39 is 41.4 Å². The molecule has 2 bridgehead atoms. The molecule has 2 saturated heterocycles. The molecule has 2 aliphatic rings. The van der Waals surface area contributed by atoms with Gasteiger partial charge in [0.25, 0.3) is 0 Å². The molecule has 2 heterocycles. The summed E-state index contributed by atoms with van der Waals surface area (Å²) in [5, 5.41) is 0. The number of nitrogens with zero attached hydrogens (tertiary/aromatic N) is 1. The van der Waals surface area contributed by atoms with Crippen LogP contribution in [0.2, 0.25) is 0 Å². The lowest BCUT2D eigenvalue weighted by atomic mass is 9.81. The Hall–Kier alpha value is -2.87. The number of piperidine rings is 1. The molecule has 164 valence electrons. The van der Waals surface area contributed by atoms with E-state index in [2.05, 4.69) is 0 Å². The van der Waals surface area contributed by atoms with Gasteiger partial charge in [-0.1, -0.05) is 30.3 Å². The van der Waals surface area contributed by atoms with Crippen molar-refractivity contribution in [2.45, 2.75) is 38.0 Å². The van der Waals surface area contributed by atoms with Crippen LogP contribution in [0.1, 0.15) is 24.0 Å². The largest absolute Gasteiger partial charge is 0.445 e. The Morgan fingerprint density at radius 1 is 0.968 bits per heavy atom. The number of ketones is 1. The van der Waals surface area contributed by atoms with E-state index in [4.69, 9.17) is 9.47 Å². The number of halogens is 3. The summed E-state index contributed by atoms with van der Waals surface area (Å²) in [6.07, 6.45) is -0.406. The standard InChI is InChI=1S/C23H22F3NO4/c24-19-6-7-20(25)22(26)18(19)10-21(28)15-8-16-12-30-13-17(9-15)27(16)23(29)31-11-14-4-2-1-3-5-14/h1-7,15-17H,8-13H2. The first kappa shape index (κ1) is 21.4. The van der Waals surface area contributed by atoms with Crippen LogP contribution in [0.5, 0.6) is 0 Å². The van der Waals surface area contributed by atoms with Crippen LogP contribution in [0.4, 0.5) is 18.0 Å². The molecule has 2 aliphatic heterocycles. The highest BCUT2D eigenvalue weighted by Crippen LogP contribution is 2.34. The van der Waals surface area contributed by atoms with Crippen molar-refractivity contribution in [1.82, 2.24) is 4.90 Å². The third-order valence-electron chi connectivity index (χ3n) is 5.88. The Morgan fingerprint density at radius 2 is 1.61 bits per heavy atom. The average molecular weight is 433 g/mol. The molecule has 31 heavy (non-hydrogen) atoms. The van der Waals surface area contributed by atoms with Gasteiger partial charge in [0.15, 0.2) is 11.6 Å². The van der Waals surface area contributed by atoms with Crippen molar-refractivity contribution in [3.8, 4) is 0 Å². The zero-order chi connectivity index (χ0) is 22.0. The molecule has 5 nitrogen and oxygen atoms in total. The fraction of sp³-hybridized carbons (Fsp3) is 0.391. The number of amides is 1. The number of hydrogen-bond donors (Lipinski definition) is 0. The minimum absolute atomic E-state index is 0.136. The summed E-state index contributed by atoms with van der Waals surface area (Å²) < 4.78 is 52.3. The third kappa shape index (κ3) is 4.58.